The number of nitrogens with one attached hydrogen (secondary N) is 1. The van der Waals surface area contributed by atoms with Gasteiger partial charge >= 0.3 is 0 Å². The Morgan fingerprint density at radius 2 is 2.05 bits per heavy atom. The Balaban J connectivity index is 1.66. The second-order valence-corrected chi connectivity index (χ2v) is 7.11. The first-order valence-electron chi connectivity index (χ1n) is 7.45. The lowest BCUT2D eigenvalue weighted by molar-refractivity contribution is -0.149. The van der Waals surface area contributed by atoms with Crippen LogP contribution in [0.5, 0.6) is 0 Å². The second kappa shape index (κ2) is 4.45. The number of hydrogen-bond donors (Lipinski definition) is 1. The summed E-state index contributed by atoms with van der Waals surface area (Å²) in [4.78, 5) is 12.3. The van der Waals surface area contributed by atoms with Gasteiger partial charge in [0, 0.05) is 6.04 Å². The Labute approximate surface area is 115 Å². The largest absolute Gasteiger partial charge is 0.376 e. The monoisotopic (exact) mass is 267 g/mol. The van der Waals surface area contributed by atoms with E-state index >= 15 is 0 Å². The molecule has 2 saturated carbocycles. The van der Waals surface area contributed by atoms with Crippen LogP contribution in [0.3, 0.4) is 0 Å². The summed E-state index contributed by atoms with van der Waals surface area (Å²) in [6.07, 6.45) is 3.22. The Bertz CT molecular complexity index is 376. The Morgan fingerprint density at radius 3 is 2.58 bits per heavy atom. The van der Waals surface area contributed by atoms with Crippen molar-refractivity contribution in [3.05, 3.63) is 0 Å². The molecule has 1 aliphatic heterocycles. The number of carbonyl (C=O) groups is 1. The Morgan fingerprint density at radius 1 is 1.26 bits per heavy atom. The predicted molar refractivity (Wildman–Crippen MR) is 71.7 cm³/mol. The molecule has 1 amide bonds. The van der Waals surface area contributed by atoms with Crippen molar-refractivity contribution in [3.8, 4) is 0 Å². The van der Waals surface area contributed by atoms with E-state index in [-0.39, 0.29) is 11.3 Å². The van der Waals surface area contributed by atoms with Crippen molar-refractivity contribution >= 4 is 5.91 Å². The third kappa shape index (κ3) is 1.91. The molecule has 3 rings (SSSR count). The van der Waals surface area contributed by atoms with E-state index in [1.165, 1.54) is 12.8 Å². The lowest BCUT2D eigenvalue weighted by Crippen LogP contribution is -2.52. The molecule has 0 radical (unpaired) electrons. The van der Waals surface area contributed by atoms with Crippen molar-refractivity contribution in [2.24, 2.45) is 16.7 Å². The van der Waals surface area contributed by atoms with Crippen LogP contribution in [0, 0.1) is 16.7 Å². The molecule has 4 nitrogen and oxygen atoms in total. The molecule has 0 spiro atoms. The van der Waals surface area contributed by atoms with Gasteiger partial charge in [0.05, 0.1) is 19.8 Å². The summed E-state index contributed by atoms with van der Waals surface area (Å²) in [5, 5.41) is 3.23. The van der Waals surface area contributed by atoms with E-state index in [0.717, 1.165) is 12.3 Å². The zero-order chi connectivity index (χ0) is 13.7. The number of ether oxygens (including phenoxy) is 2. The fourth-order valence-corrected chi connectivity index (χ4v) is 4.33. The smallest absolute Gasteiger partial charge is 0.251 e. The van der Waals surface area contributed by atoms with Gasteiger partial charge in [-0.05, 0) is 36.0 Å². The van der Waals surface area contributed by atoms with Crippen LogP contribution >= 0.6 is 0 Å². The maximum Gasteiger partial charge on any atom is 0.251 e. The highest BCUT2D eigenvalue weighted by molar-refractivity contribution is 5.81. The lowest BCUT2D eigenvalue weighted by atomic mass is 9.69. The zero-order valence-electron chi connectivity index (χ0n) is 12.2. The van der Waals surface area contributed by atoms with Crippen molar-refractivity contribution in [2.75, 3.05) is 19.8 Å². The van der Waals surface area contributed by atoms with Crippen molar-refractivity contribution in [2.45, 2.75) is 52.2 Å². The minimum Gasteiger partial charge on any atom is -0.376 e. The second-order valence-electron chi connectivity index (χ2n) is 7.11. The van der Waals surface area contributed by atoms with Crippen molar-refractivity contribution in [1.29, 1.82) is 0 Å². The number of rotatable bonds is 2. The van der Waals surface area contributed by atoms with Crippen LogP contribution in [-0.4, -0.2) is 37.9 Å². The molecule has 4 unspecified atom stereocenters. The van der Waals surface area contributed by atoms with Crippen molar-refractivity contribution < 1.29 is 14.3 Å². The summed E-state index contributed by atoms with van der Waals surface area (Å²) >= 11 is 0. The highest BCUT2D eigenvalue weighted by Crippen LogP contribution is 2.65. The van der Waals surface area contributed by atoms with Crippen LogP contribution in [-0.2, 0) is 14.3 Å². The van der Waals surface area contributed by atoms with Gasteiger partial charge in [0.2, 0.25) is 0 Å². The summed E-state index contributed by atoms with van der Waals surface area (Å²) in [6.45, 7) is 8.56. The van der Waals surface area contributed by atoms with Gasteiger partial charge in [0.25, 0.3) is 5.91 Å². The fraction of sp³-hybridized carbons (Fsp3) is 0.933. The normalized spacial score (nSPS) is 44.3. The van der Waals surface area contributed by atoms with Gasteiger partial charge in [-0.15, -0.1) is 0 Å². The first kappa shape index (κ1) is 13.4. The third-order valence-electron chi connectivity index (χ3n) is 6.22. The highest BCUT2D eigenvalue weighted by Gasteiger charge is 2.61. The highest BCUT2D eigenvalue weighted by atomic mass is 16.6. The molecule has 4 atom stereocenters. The Hall–Kier alpha value is -0.610. The molecule has 3 fully saturated rings. The molecular formula is C15H25NO3. The van der Waals surface area contributed by atoms with E-state index < -0.39 is 6.10 Å². The molecule has 2 aliphatic carbocycles. The maximum atomic E-state index is 12.3. The number of fused-ring (bicyclic) bond motifs is 2. The topological polar surface area (TPSA) is 47.6 Å². The molecule has 19 heavy (non-hydrogen) atoms. The van der Waals surface area contributed by atoms with Gasteiger partial charge in [-0.2, -0.15) is 0 Å². The Kier molecular flexibility index (Phi) is 3.13. The lowest BCUT2D eigenvalue weighted by Gasteiger charge is -2.40. The zero-order valence-corrected chi connectivity index (χ0v) is 12.2. The third-order valence-corrected chi connectivity index (χ3v) is 6.22. The van der Waals surface area contributed by atoms with Crippen molar-refractivity contribution in [1.82, 2.24) is 5.32 Å². The van der Waals surface area contributed by atoms with Gasteiger partial charge in [-0.3, -0.25) is 4.79 Å². The summed E-state index contributed by atoms with van der Waals surface area (Å²) in [5.41, 5.74) is 0.553. The summed E-state index contributed by atoms with van der Waals surface area (Å²) in [5.74, 6) is 0.751. The van der Waals surface area contributed by atoms with Gasteiger partial charge in [-0.25, -0.2) is 0 Å². The van der Waals surface area contributed by atoms with Gasteiger partial charge < -0.3 is 14.8 Å². The molecule has 0 aromatic rings. The molecule has 2 bridgehead atoms. The van der Waals surface area contributed by atoms with Gasteiger partial charge in [0.1, 0.15) is 0 Å². The fourth-order valence-electron chi connectivity index (χ4n) is 4.33. The van der Waals surface area contributed by atoms with Crippen LogP contribution in [0.1, 0.15) is 40.0 Å². The molecule has 108 valence electrons. The molecule has 4 heteroatoms. The van der Waals surface area contributed by atoms with Crippen LogP contribution in [0.4, 0.5) is 0 Å². The predicted octanol–water partition coefficient (Wildman–Crippen LogP) is 1.73. The van der Waals surface area contributed by atoms with Crippen LogP contribution in [0.2, 0.25) is 0 Å². The minimum atomic E-state index is -0.417. The first-order valence-corrected chi connectivity index (χ1v) is 7.45. The van der Waals surface area contributed by atoms with E-state index in [2.05, 4.69) is 26.1 Å². The minimum absolute atomic E-state index is 0.00859. The van der Waals surface area contributed by atoms with Gasteiger partial charge in [0.15, 0.2) is 6.10 Å². The first-order chi connectivity index (χ1) is 8.95. The quantitative estimate of drug-likeness (QED) is 0.829. The van der Waals surface area contributed by atoms with Crippen molar-refractivity contribution in [3.63, 3.8) is 0 Å². The number of amides is 1. The molecule has 1 saturated heterocycles. The van der Waals surface area contributed by atoms with Crippen LogP contribution in [0.15, 0.2) is 0 Å². The standard InChI is InChI=1S/C15H25NO3/c1-14(2)10-4-5-15(14,3)12(8-10)16-13(17)11-9-18-6-7-19-11/h10-12H,4-9H2,1-3H3,(H,16,17). The molecule has 3 aliphatic rings. The molecule has 1 N–H and O–H groups in total. The molecular weight excluding hydrogens is 242 g/mol. The molecule has 0 aromatic carbocycles. The summed E-state index contributed by atoms with van der Waals surface area (Å²) in [7, 11) is 0. The number of hydrogen-bond acceptors (Lipinski definition) is 3. The van der Waals surface area contributed by atoms with Gasteiger partial charge in [-0.1, -0.05) is 20.8 Å². The van der Waals surface area contributed by atoms with Crippen LogP contribution < -0.4 is 5.32 Å². The van der Waals surface area contributed by atoms with Crippen LogP contribution in [0.25, 0.3) is 0 Å². The average Bonchev–Trinajstić information content (AvgIpc) is 2.73. The maximum absolute atomic E-state index is 12.3. The molecule has 1 heterocycles. The van der Waals surface area contributed by atoms with E-state index in [1.54, 1.807) is 0 Å². The van der Waals surface area contributed by atoms with E-state index in [9.17, 15) is 4.79 Å². The summed E-state index contributed by atoms with van der Waals surface area (Å²) in [6, 6.07) is 0.291. The summed E-state index contributed by atoms with van der Waals surface area (Å²) < 4.78 is 10.8. The van der Waals surface area contributed by atoms with E-state index in [0.29, 0.717) is 31.3 Å². The van der Waals surface area contributed by atoms with E-state index in [4.69, 9.17) is 9.47 Å². The number of carbonyl (C=O) groups excluding carboxylic acids is 1. The SMILES string of the molecule is CC1(C)C2CCC1(C)C(NC(=O)C1COCCO1)C2. The average molecular weight is 267 g/mol. The molecule has 0 aromatic heterocycles. The van der Waals surface area contributed by atoms with E-state index in [1.807, 2.05) is 0 Å².